The van der Waals surface area contributed by atoms with E-state index in [1.807, 2.05) is 0 Å². The number of phenolic OH excluding ortho intramolecular Hbond substituents is 2. The second-order valence-electron chi connectivity index (χ2n) is 8.02. The third-order valence-corrected chi connectivity index (χ3v) is 5.50. The Morgan fingerprint density at radius 2 is 1.72 bits per heavy atom. The number of carbonyl (C=O) groups excluding carboxylic acids is 1. The second-order valence-corrected chi connectivity index (χ2v) is 8.02. The van der Waals surface area contributed by atoms with Crippen molar-refractivity contribution in [2.45, 2.75) is 37.6 Å². The molecule has 4 rings (SSSR count). The first-order chi connectivity index (χ1) is 17.0. The van der Waals surface area contributed by atoms with Gasteiger partial charge in [0.15, 0.2) is 17.3 Å². The van der Waals surface area contributed by atoms with Gasteiger partial charge < -0.3 is 54.4 Å². The minimum atomic E-state index is -1.76. The third kappa shape index (κ3) is 4.53. The van der Waals surface area contributed by atoms with E-state index in [2.05, 4.69) is 0 Å². The number of benzene rings is 2. The normalized spacial score (nSPS) is 24.0. The number of rotatable bonds is 5. The summed E-state index contributed by atoms with van der Waals surface area (Å²) in [7, 11) is 0. The monoisotopic (exact) mass is 506 g/mol. The summed E-state index contributed by atoms with van der Waals surface area (Å²) in [5.74, 6) is -3.50. The van der Waals surface area contributed by atoms with E-state index in [9.17, 15) is 45.3 Å². The fraction of sp³-hybridized carbons (Fsp3) is 0.304. The van der Waals surface area contributed by atoms with Gasteiger partial charge in [-0.05, 0) is 18.2 Å². The molecule has 0 spiro atoms. The molecule has 1 fully saturated rings. The van der Waals surface area contributed by atoms with Crippen molar-refractivity contribution < 1.29 is 59.2 Å². The molecule has 0 amide bonds. The number of fused-ring (bicyclic) bond motifs is 1. The zero-order chi connectivity index (χ0) is 26.3. The Hall–Kier alpha value is -3.88. The number of aliphatic hydroxyl groups is 4. The van der Waals surface area contributed by atoms with Crippen LogP contribution in [0.1, 0.15) is 6.92 Å². The fourth-order valence-electron chi connectivity index (χ4n) is 3.72. The molecule has 13 nitrogen and oxygen atoms in total. The number of carbonyl (C=O) groups is 1. The van der Waals surface area contributed by atoms with Gasteiger partial charge in [-0.15, -0.1) is 0 Å². The molecule has 1 aliphatic heterocycles. The summed E-state index contributed by atoms with van der Waals surface area (Å²) in [5.41, 5.74) is -1.22. The number of esters is 1. The number of hydrogen-bond acceptors (Lipinski definition) is 13. The Labute approximate surface area is 201 Å². The highest BCUT2D eigenvalue weighted by molar-refractivity contribution is 5.89. The standard InChI is InChI=1S/C23H22O13/c1-8(25)33-10-5-12(27)16-14(6-10)34-22(20(31)18(16)29)9-2-3-11(26)13(4-9)35-23-21(32)19(30)17(28)15(7-24)36-23/h2-6,15,17,19,21,23-24,26-28,30-32H,7H2,1H3/t15-,17-,19-,21-,23+/m1/s1. The maximum atomic E-state index is 12.7. The van der Waals surface area contributed by atoms with Crippen molar-refractivity contribution in [2.75, 3.05) is 6.61 Å². The lowest BCUT2D eigenvalue weighted by Crippen LogP contribution is -2.60. The van der Waals surface area contributed by atoms with Crippen LogP contribution in [0.25, 0.3) is 22.3 Å². The lowest BCUT2D eigenvalue weighted by Gasteiger charge is -2.39. The molecule has 1 aliphatic rings. The van der Waals surface area contributed by atoms with Crippen LogP contribution in [0.2, 0.25) is 0 Å². The molecule has 7 N–H and O–H groups in total. The van der Waals surface area contributed by atoms with Gasteiger partial charge in [0.2, 0.25) is 17.5 Å². The lowest BCUT2D eigenvalue weighted by atomic mass is 9.99. The van der Waals surface area contributed by atoms with Gasteiger partial charge in [-0.3, -0.25) is 9.59 Å². The zero-order valence-corrected chi connectivity index (χ0v) is 18.6. The maximum absolute atomic E-state index is 12.7. The van der Waals surface area contributed by atoms with Crippen LogP contribution in [0.3, 0.4) is 0 Å². The van der Waals surface area contributed by atoms with Crippen molar-refractivity contribution >= 4 is 16.9 Å². The summed E-state index contributed by atoms with van der Waals surface area (Å²) in [6.45, 7) is 0.433. The SMILES string of the molecule is CC(=O)Oc1cc(O)c2c(=O)c(O)c(-c3ccc(O)c(O[C@H]4O[C@H](CO)[C@@H](O)[C@@H](O)[C@H]4O)c3)oc2c1. The van der Waals surface area contributed by atoms with Crippen LogP contribution in [0.5, 0.6) is 28.7 Å². The molecule has 3 aromatic rings. The summed E-state index contributed by atoms with van der Waals surface area (Å²) in [4.78, 5) is 24.0. The number of hydrogen-bond donors (Lipinski definition) is 7. The predicted octanol–water partition coefficient (Wildman–Crippen LogP) is -0.319. The van der Waals surface area contributed by atoms with Crippen molar-refractivity contribution in [3.8, 4) is 40.1 Å². The van der Waals surface area contributed by atoms with Crippen molar-refractivity contribution in [1.29, 1.82) is 0 Å². The Morgan fingerprint density at radius 1 is 1.00 bits per heavy atom. The Balaban J connectivity index is 1.75. The van der Waals surface area contributed by atoms with Gasteiger partial charge in [-0.1, -0.05) is 0 Å². The van der Waals surface area contributed by atoms with Gasteiger partial charge in [0, 0.05) is 24.6 Å². The van der Waals surface area contributed by atoms with E-state index in [1.165, 1.54) is 6.07 Å². The average molecular weight is 506 g/mol. The van der Waals surface area contributed by atoms with Crippen molar-refractivity contribution in [3.63, 3.8) is 0 Å². The number of aromatic hydroxyl groups is 3. The van der Waals surface area contributed by atoms with Crippen molar-refractivity contribution in [2.24, 2.45) is 0 Å². The van der Waals surface area contributed by atoms with Gasteiger partial charge >= 0.3 is 5.97 Å². The topological polar surface area (TPSA) is 217 Å². The van der Waals surface area contributed by atoms with Gasteiger partial charge in [-0.25, -0.2) is 0 Å². The second kappa shape index (κ2) is 9.64. The smallest absolute Gasteiger partial charge is 0.308 e. The lowest BCUT2D eigenvalue weighted by molar-refractivity contribution is -0.277. The molecule has 0 radical (unpaired) electrons. The minimum absolute atomic E-state index is 0.00118. The minimum Gasteiger partial charge on any atom is -0.507 e. The molecule has 1 saturated heterocycles. The van der Waals surface area contributed by atoms with E-state index >= 15 is 0 Å². The van der Waals surface area contributed by atoms with Crippen LogP contribution >= 0.6 is 0 Å². The van der Waals surface area contributed by atoms with E-state index in [1.54, 1.807) is 0 Å². The van der Waals surface area contributed by atoms with E-state index in [0.717, 1.165) is 31.2 Å². The van der Waals surface area contributed by atoms with E-state index < -0.39 is 71.7 Å². The average Bonchev–Trinajstić information content (AvgIpc) is 2.82. The largest absolute Gasteiger partial charge is 0.507 e. The molecule has 1 aromatic heterocycles. The summed E-state index contributed by atoms with van der Waals surface area (Å²) >= 11 is 0. The number of ether oxygens (including phenoxy) is 3. The van der Waals surface area contributed by atoms with Crippen LogP contribution in [0.15, 0.2) is 39.5 Å². The Bertz CT molecular complexity index is 1360. The van der Waals surface area contributed by atoms with Crippen LogP contribution in [-0.2, 0) is 9.53 Å². The van der Waals surface area contributed by atoms with Crippen molar-refractivity contribution in [1.82, 2.24) is 0 Å². The van der Waals surface area contributed by atoms with Gasteiger partial charge in [0.1, 0.15) is 46.9 Å². The van der Waals surface area contributed by atoms with E-state index in [-0.39, 0.29) is 28.0 Å². The summed E-state index contributed by atoms with van der Waals surface area (Å²) in [6.07, 6.45) is -8.00. The molecule has 192 valence electrons. The molecule has 0 saturated carbocycles. The first-order valence-electron chi connectivity index (χ1n) is 10.5. The number of phenols is 2. The molecule has 2 aromatic carbocycles. The summed E-state index contributed by atoms with van der Waals surface area (Å²) in [5, 5.41) is 69.9. The van der Waals surface area contributed by atoms with Gasteiger partial charge in [0.05, 0.1) is 6.61 Å². The van der Waals surface area contributed by atoms with E-state index in [4.69, 9.17) is 18.6 Å². The Morgan fingerprint density at radius 3 is 2.39 bits per heavy atom. The molecule has 2 heterocycles. The highest BCUT2D eigenvalue weighted by Gasteiger charge is 2.45. The van der Waals surface area contributed by atoms with Crippen molar-refractivity contribution in [3.05, 3.63) is 40.6 Å². The quantitative estimate of drug-likeness (QED) is 0.175. The molecule has 5 atom stereocenters. The number of aliphatic hydroxyl groups excluding tert-OH is 4. The van der Waals surface area contributed by atoms with Gasteiger partial charge in [-0.2, -0.15) is 0 Å². The van der Waals surface area contributed by atoms with Crippen LogP contribution in [-0.4, -0.2) is 79.0 Å². The van der Waals surface area contributed by atoms with Crippen LogP contribution in [0.4, 0.5) is 0 Å². The molecular weight excluding hydrogens is 484 g/mol. The molecule has 0 unspecified atom stereocenters. The fourth-order valence-corrected chi connectivity index (χ4v) is 3.72. The van der Waals surface area contributed by atoms with Crippen LogP contribution < -0.4 is 14.9 Å². The summed E-state index contributed by atoms with van der Waals surface area (Å²) < 4.78 is 21.2. The highest BCUT2D eigenvalue weighted by atomic mass is 16.7. The van der Waals surface area contributed by atoms with Gasteiger partial charge in [0.25, 0.3) is 0 Å². The molecule has 0 bridgehead atoms. The first kappa shape index (κ1) is 25.2. The third-order valence-electron chi connectivity index (χ3n) is 5.50. The predicted molar refractivity (Wildman–Crippen MR) is 119 cm³/mol. The van der Waals surface area contributed by atoms with E-state index in [0.29, 0.717) is 0 Å². The maximum Gasteiger partial charge on any atom is 0.308 e. The first-order valence-corrected chi connectivity index (χ1v) is 10.5. The molecule has 0 aliphatic carbocycles. The zero-order valence-electron chi connectivity index (χ0n) is 18.6. The summed E-state index contributed by atoms with van der Waals surface area (Å²) in [6, 6.07) is 5.66. The highest BCUT2D eigenvalue weighted by Crippen LogP contribution is 2.39. The molecular formula is C23H22O13. The Kier molecular flexibility index (Phi) is 6.75. The van der Waals surface area contributed by atoms with Crippen LogP contribution in [0, 0.1) is 0 Å². The molecule has 13 heteroatoms. The molecule has 36 heavy (non-hydrogen) atoms.